The van der Waals surface area contributed by atoms with Crippen LogP contribution in [-0.4, -0.2) is 9.97 Å². The van der Waals surface area contributed by atoms with Gasteiger partial charge in [0.2, 0.25) is 0 Å². The van der Waals surface area contributed by atoms with Crippen molar-refractivity contribution in [3.8, 4) is 33.8 Å². The molecule has 4 nitrogen and oxygen atoms in total. The number of furan rings is 2. The Labute approximate surface area is 260 Å². The van der Waals surface area contributed by atoms with Gasteiger partial charge in [-0.15, -0.1) is 11.3 Å². The first-order valence-electron chi connectivity index (χ1n) is 14.9. The molecule has 0 radical (unpaired) electrons. The third kappa shape index (κ3) is 3.84. The van der Waals surface area contributed by atoms with E-state index in [0.717, 1.165) is 71.8 Å². The van der Waals surface area contributed by atoms with Crippen LogP contribution >= 0.6 is 11.3 Å². The van der Waals surface area contributed by atoms with Crippen molar-refractivity contribution in [2.24, 2.45) is 0 Å². The lowest BCUT2D eigenvalue weighted by atomic mass is 10.00. The molecule has 0 saturated heterocycles. The largest absolute Gasteiger partial charge is 0.456 e. The zero-order valence-corrected chi connectivity index (χ0v) is 24.6. The normalized spacial score (nSPS) is 12.0. The number of para-hydroxylation sites is 1. The van der Waals surface area contributed by atoms with Crippen LogP contribution < -0.4 is 0 Å². The minimum Gasteiger partial charge on any atom is -0.456 e. The van der Waals surface area contributed by atoms with Gasteiger partial charge < -0.3 is 8.83 Å². The molecule has 10 rings (SSSR count). The lowest BCUT2D eigenvalue weighted by Crippen LogP contribution is -1.91. The van der Waals surface area contributed by atoms with E-state index >= 15 is 0 Å². The van der Waals surface area contributed by atoms with Crippen LogP contribution in [0.15, 0.2) is 142 Å². The number of benzene rings is 6. The zero-order valence-electron chi connectivity index (χ0n) is 23.8. The van der Waals surface area contributed by atoms with Gasteiger partial charge in [0.1, 0.15) is 22.3 Å². The van der Waals surface area contributed by atoms with Crippen molar-refractivity contribution in [1.82, 2.24) is 9.97 Å². The molecule has 0 spiro atoms. The summed E-state index contributed by atoms with van der Waals surface area (Å²) in [6.07, 6.45) is 1.85. The van der Waals surface area contributed by atoms with E-state index in [9.17, 15) is 0 Å². The maximum Gasteiger partial charge on any atom is 0.159 e. The van der Waals surface area contributed by atoms with Crippen molar-refractivity contribution in [1.29, 1.82) is 0 Å². The molecule has 4 aromatic heterocycles. The molecule has 0 saturated carbocycles. The number of hydrogen-bond donors (Lipinski definition) is 0. The Balaban J connectivity index is 1.07. The highest BCUT2D eigenvalue weighted by molar-refractivity contribution is 7.25. The maximum absolute atomic E-state index is 6.26. The highest BCUT2D eigenvalue weighted by Crippen LogP contribution is 2.38. The molecule has 6 aromatic carbocycles. The Morgan fingerprint density at radius 1 is 0.422 bits per heavy atom. The van der Waals surface area contributed by atoms with E-state index in [1.54, 1.807) is 0 Å². The van der Waals surface area contributed by atoms with Gasteiger partial charge in [0.15, 0.2) is 5.82 Å². The summed E-state index contributed by atoms with van der Waals surface area (Å²) in [4.78, 5) is 9.70. The van der Waals surface area contributed by atoms with E-state index in [4.69, 9.17) is 13.8 Å². The summed E-state index contributed by atoms with van der Waals surface area (Å²) in [6, 6.07) is 44.3. The molecular weight excluding hydrogens is 573 g/mol. The fourth-order valence-electron chi connectivity index (χ4n) is 6.55. The summed E-state index contributed by atoms with van der Waals surface area (Å²) in [5.41, 5.74) is 8.68. The first-order valence-corrected chi connectivity index (χ1v) is 15.7. The smallest absolute Gasteiger partial charge is 0.159 e. The molecule has 10 aromatic rings. The Hall–Kier alpha value is -5.78. The summed E-state index contributed by atoms with van der Waals surface area (Å²) in [6.45, 7) is 0. The van der Waals surface area contributed by atoms with Crippen LogP contribution in [0.5, 0.6) is 0 Å². The van der Waals surface area contributed by atoms with E-state index < -0.39 is 0 Å². The second kappa shape index (κ2) is 9.36. The summed E-state index contributed by atoms with van der Waals surface area (Å²) in [5.74, 6) is 0.687. The Kier molecular flexibility index (Phi) is 5.12. The van der Waals surface area contributed by atoms with Gasteiger partial charge in [-0.1, -0.05) is 54.6 Å². The van der Waals surface area contributed by atoms with Crippen molar-refractivity contribution < 1.29 is 8.83 Å². The van der Waals surface area contributed by atoms with E-state index in [1.807, 2.05) is 47.9 Å². The third-order valence-corrected chi connectivity index (χ3v) is 9.92. The van der Waals surface area contributed by atoms with Crippen LogP contribution in [-0.2, 0) is 0 Å². The SMILES string of the molecule is c1ccc2c(c1)oc1ccc(-c3ccc4oc5ccc(-c6nccc(-c7ccc8sc9ccccc9c8c7)n6)cc5c4c3)cc12. The average Bonchev–Trinajstić information content (AvgIpc) is 3.78. The van der Waals surface area contributed by atoms with Gasteiger partial charge in [-0.3, -0.25) is 0 Å². The molecule has 4 heterocycles. The standard InChI is InChI=1S/C40H22N2O2S/c1-3-7-34-27(5-1)29-19-23(9-13-35(29)43-34)24-10-14-36-30(20-24)31-22-26(11-15-37(31)44-36)40-41-18-17-33(42-40)25-12-16-39-32(21-25)28-6-2-4-8-38(28)45-39/h1-22H. The van der Waals surface area contributed by atoms with Gasteiger partial charge in [0.05, 0.1) is 5.69 Å². The molecule has 45 heavy (non-hydrogen) atoms. The summed E-state index contributed by atoms with van der Waals surface area (Å²) < 4.78 is 14.9. The topological polar surface area (TPSA) is 52.1 Å². The molecular formula is C40H22N2O2S. The van der Waals surface area contributed by atoms with E-state index in [2.05, 4.69) is 102 Å². The number of fused-ring (bicyclic) bond motifs is 9. The lowest BCUT2D eigenvalue weighted by Gasteiger charge is -2.05. The van der Waals surface area contributed by atoms with Crippen LogP contribution in [0.2, 0.25) is 0 Å². The summed E-state index contributed by atoms with van der Waals surface area (Å²) in [7, 11) is 0. The quantitative estimate of drug-likeness (QED) is 0.204. The van der Waals surface area contributed by atoms with Gasteiger partial charge in [0, 0.05) is 59.0 Å². The van der Waals surface area contributed by atoms with Crippen molar-refractivity contribution in [3.05, 3.63) is 134 Å². The zero-order chi connectivity index (χ0) is 29.5. The van der Waals surface area contributed by atoms with Gasteiger partial charge in [-0.2, -0.15) is 0 Å². The fraction of sp³-hybridized carbons (Fsp3) is 0. The van der Waals surface area contributed by atoms with Crippen LogP contribution in [0, 0.1) is 0 Å². The van der Waals surface area contributed by atoms with Gasteiger partial charge in [-0.25, -0.2) is 9.97 Å². The first kappa shape index (κ1) is 24.6. The number of rotatable bonds is 3. The van der Waals surface area contributed by atoms with Crippen molar-refractivity contribution in [3.63, 3.8) is 0 Å². The molecule has 210 valence electrons. The second-order valence-corrected chi connectivity index (χ2v) is 12.5. The molecule has 0 fully saturated rings. The molecule has 5 heteroatoms. The Bertz CT molecular complexity index is 2780. The average molecular weight is 595 g/mol. The van der Waals surface area contributed by atoms with Crippen LogP contribution in [0.25, 0.3) is 97.8 Å². The molecule has 0 amide bonds. The second-order valence-electron chi connectivity index (χ2n) is 11.4. The Morgan fingerprint density at radius 2 is 0.978 bits per heavy atom. The molecule has 0 N–H and O–H groups in total. The number of aromatic nitrogens is 2. The lowest BCUT2D eigenvalue weighted by molar-refractivity contribution is 0.668. The van der Waals surface area contributed by atoms with E-state index in [-0.39, 0.29) is 0 Å². The number of nitrogens with zero attached hydrogens (tertiary/aromatic N) is 2. The fourth-order valence-corrected chi connectivity index (χ4v) is 7.63. The molecule has 0 unspecified atom stereocenters. The molecule has 0 atom stereocenters. The number of thiophene rings is 1. The summed E-state index contributed by atoms with van der Waals surface area (Å²) in [5, 5.41) is 6.89. The third-order valence-electron chi connectivity index (χ3n) is 8.77. The van der Waals surface area contributed by atoms with Crippen molar-refractivity contribution >= 4 is 75.4 Å². The van der Waals surface area contributed by atoms with Crippen LogP contribution in [0.1, 0.15) is 0 Å². The first-order chi connectivity index (χ1) is 22.2. The predicted molar refractivity (Wildman–Crippen MR) is 186 cm³/mol. The highest BCUT2D eigenvalue weighted by atomic mass is 32.1. The monoisotopic (exact) mass is 594 g/mol. The van der Waals surface area contributed by atoms with Gasteiger partial charge in [0.25, 0.3) is 0 Å². The van der Waals surface area contributed by atoms with E-state index in [0.29, 0.717) is 5.82 Å². The maximum atomic E-state index is 6.26. The number of hydrogen-bond acceptors (Lipinski definition) is 5. The van der Waals surface area contributed by atoms with Crippen LogP contribution in [0.4, 0.5) is 0 Å². The molecule has 0 aliphatic heterocycles. The van der Waals surface area contributed by atoms with Crippen molar-refractivity contribution in [2.45, 2.75) is 0 Å². The van der Waals surface area contributed by atoms with Crippen molar-refractivity contribution in [2.75, 3.05) is 0 Å². The minimum atomic E-state index is 0.687. The van der Waals surface area contributed by atoms with E-state index in [1.165, 1.54) is 20.2 Å². The van der Waals surface area contributed by atoms with Gasteiger partial charge in [-0.05, 0) is 83.9 Å². The van der Waals surface area contributed by atoms with Crippen LogP contribution in [0.3, 0.4) is 0 Å². The molecule has 0 bridgehead atoms. The predicted octanol–water partition coefficient (Wildman–Crippen LogP) is 11.6. The minimum absolute atomic E-state index is 0.687. The summed E-state index contributed by atoms with van der Waals surface area (Å²) >= 11 is 1.82. The van der Waals surface area contributed by atoms with Gasteiger partial charge >= 0.3 is 0 Å². The molecule has 0 aliphatic carbocycles. The Morgan fingerprint density at radius 3 is 1.76 bits per heavy atom. The molecule has 0 aliphatic rings. The highest BCUT2D eigenvalue weighted by Gasteiger charge is 2.14.